The molecule has 2 heterocycles. The topological polar surface area (TPSA) is 88.6 Å². The van der Waals surface area contributed by atoms with Gasteiger partial charge >= 0.3 is 0 Å². The van der Waals surface area contributed by atoms with E-state index in [1.807, 2.05) is 0 Å². The predicted octanol–water partition coefficient (Wildman–Crippen LogP) is 5.06. The molecule has 35 heavy (non-hydrogen) atoms. The van der Waals surface area contributed by atoms with Crippen LogP contribution in [0.2, 0.25) is 0 Å². The first-order valence-electron chi connectivity index (χ1n) is 11.1. The van der Waals surface area contributed by atoms with Gasteiger partial charge in [0.2, 0.25) is 0 Å². The van der Waals surface area contributed by atoms with E-state index in [2.05, 4.69) is 9.71 Å². The molecule has 0 bridgehead atoms. The molecule has 10 heteroatoms. The molecule has 0 spiro atoms. The molecule has 1 atom stereocenters. The quantitative estimate of drug-likeness (QED) is 0.375. The molecule has 0 aliphatic carbocycles. The Kier molecular flexibility index (Phi) is 6.50. The summed E-state index contributed by atoms with van der Waals surface area (Å²) in [5, 5.41) is 0.388. The Bertz CT molecular complexity index is 1450. The van der Waals surface area contributed by atoms with Crippen molar-refractivity contribution in [2.24, 2.45) is 0 Å². The first-order chi connectivity index (χ1) is 16.9. The van der Waals surface area contributed by atoms with Crippen molar-refractivity contribution in [3.63, 3.8) is 0 Å². The van der Waals surface area contributed by atoms with Gasteiger partial charge < -0.3 is 4.74 Å². The minimum absolute atomic E-state index is 0.132. The Morgan fingerprint density at radius 2 is 1.86 bits per heavy atom. The number of nitrogens with one attached hydrogen (secondary N) is 1. The van der Waals surface area contributed by atoms with Crippen molar-refractivity contribution in [3.05, 3.63) is 84.2 Å². The highest BCUT2D eigenvalue weighted by atomic mass is 32.2. The van der Waals surface area contributed by atoms with Crippen molar-refractivity contribution in [2.45, 2.75) is 23.8 Å². The minimum atomic E-state index is -3.75. The molecule has 1 N–H and O–H groups in total. The number of carbonyl (C=O) groups excluding carboxylic acids is 1. The van der Waals surface area contributed by atoms with Gasteiger partial charge in [-0.15, -0.1) is 0 Å². The summed E-state index contributed by atoms with van der Waals surface area (Å²) in [7, 11) is -3.75. The highest BCUT2D eigenvalue weighted by Crippen LogP contribution is 2.32. The number of aromatic nitrogens is 1. The smallest absolute Gasteiger partial charge is 0.261 e. The maximum Gasteiger partial charge on any atom is 0.261 e. The van der Waals surface area contributed by atoms with Crippen LogP contribution in [0.4, 0.5) is 15.2 Å². The molecular weight excluding hydrogens is 489 g/mol. The largest absolute Gasteiger partial charge is 0.376 e. The number of nitrogens with zero attached hydrogens (tertiary/aromatic N) is 2. The molecule has 1 aromatic heterocycles. The van der Waals surface area contributed by atoms with Crippen molar-refractivity contribution in [2.75, 3.05) is 22.8 Å². The van der Waals surface area contributed by atoms with Crippen molar-refractivity contribution >= 4 is 48.3 Å². The lowest BCUT2D eigenvalue weighted by Gasteiger charge is -2.23. The standard InChI is InChI=1S/C25H22FN3O4S2/c26-21-9-4-10-22-23(21)27-25(34-22)29(16-19-6-5-15-33-19)24(30)17-11-13-18(14-12-17)28-35(31,32)20-7-2-1-3-8-20/h1-4,7-14,19,28H,5-6,15-16H2. The molecule has 7 nitrogen and oxygen atoms in total. The van der Waals surface area contributed by atoms with Gasteiger partial charge in [0, 0.05) is 17.9 Å². The van der Waals surface area contributed by atoms with Gasteiger partial charge in [-0.3, -0.25) is 14.4 Å². The molecule has 5 rings (SSSR count). The number of halogens is 1. The summed E-state index contributed by atoms with van der Waals surface area (Å²) >= 11 is 1.24. The second-order valence-corrected chi connectivity index (χ2v) is 10.8. The monoisotopic (exact) mass is 511 g/mol. The van der Waals surface area contributed by atoms with Crippen molar-refractivity contribution in [3.8, 4) is 0 Å². The first-order valence-corrected chi connectivity index (χ1v) is 13.4. The van der Waals surface area contributed by atoms with E-state index >= 15 is 0 Å². The van der Waals surface area contributed by atoms with Crippen LogP contribution in [0.1, 0.15) is 23.2 Å². The fourth-order valence-electron chi connectivity index (χ4n) is 3.91. The third-order valence-corrected chi connectivity index (χ3v) is 8.12. The fourth-order valence-corrected chi connectivity index (χ4v) is 5.98. The van der Waals surface area contributed by atoms with E-state index in [1.165, 1.54) is 46.6 Å². The Balaban J connectivity index is 1.41. The zero-order valence-corrected chi connectivity index (χ0v) is 20.2. The number of rotatable bonds is 7. The molecule has 1 unspecified atom stereocenters. The zero-order chi connectivity index (χ0) is 24.4. The minimum Gasteiger partial charge on any atom is -0.376 e. The summed E-state index contributed by atoms with van der Waals surface area (Å²) in [6.07, 6.45) is 1.61. The van der Waals surface area contributed by atoms with E-state index in [0.717, 1.165) is 12.8 Å². The molecule has 1 aliphatic rings. The molecule has 3 aromatic carbocycles. The van der Waals surface area contributed by atoms with Gasteiger partial charge in [-0.05, 0) is 61.4 Å². The average Bonchev–Trinajstić information content (AvgIpc) is 3.53. The number of fused-ring (bicyclic) bond motifs is 1. The van der Waals surface area contributed by atoms with Crippen molar-refractivity contribution < 1.29 is 22.3 Å². The van der Waals surface area contributed by atoms with E-state index in [-0.39, 0.29) is 22.4 Å². The molecule has 1 fully saturated rings. The number of hydrogen-bond donors (Lipinski definition) is 1. The number of carbonyl (C=O) groups is 1. The van der Waals surface area contributed by atoms with Gasteiger partial charge in [-0.2, -0.15) is 0 Å². The summed E-state index contributed by atoms with van der Waals surface area (Å²) in [6.45, 7) is 0.931. The van der Waals surface area contributed by atoms with E-state index < -0.39 is 15.8 Å². The Hall–Kier alpha value is -3.34. The predicted molar refractivity (Wildman–Crippen MR) is 134 cm³/mol. The lowest BCUT2D eigenvalue weighted by atomic mass is 10.1. The van der Waals surface area contributed by atoms with Gasteiger partial charge in [-0.1, -0.05) is 35.6 Å². The Morgan fingerprint density at radius 3 is 2.54 bits per heavy atom. The number of thiazole rings is 1. The lowest BCUT2D eigenvalue weighted by Crippen LogP contribution is -2.37. The molecule has 1 saturated heterocycles. The highest BCUT2D eigenvalue weighted by Gasteiger charge is 2.27. The summed E-state index contributed by atoms with van der Waals surface area (Å²) in [4.78, 5) is 19.6. The van der Waals surface area contributed by atoms with E-state index in [9.17, 15) is 17.6 Å². The molecule has 0 radical (unpaired) electrons. The van der Waals surface area contributed by atoms with Crippen LogP contribution in [0.5, 0.6) is 0 Å². The lowest BCUT2D eigenvalue weighted by molar-refractivity contribution is 0.0917. The first kappa shape index (κ1) is 23.4. The molecule has 1 amide bonds. The van der Waals surface area contributed by atoms with Gasteiger partial charge in [0.25, 0.3) is 15.9 Å². The van der Waals surface area contributed by atoms with Crippen LogP contribution in [0.15, 0.2) is 77.7 Å². The van der Waals surface area contributed by atoms with Crippen LogP contribution < -0.4 is 9.62 Å². The number of benzene rings is 3. The maximum atomic E-state index is 14.3. The molecule has 1 aliphatic heterocycles. The van der Waals surface area contributed by atoms with E-state index in [4.69, 9.17) is 4.74 Å². The maximum absolute atomic E-state index is 14.3. The number of anilines is 2. The number of hydrogen-bond acceptors (Lipinski definition) is 6. The third kappa shape index (κ3) is 5.04. The molecule has 0 saturated carbocycles. The second kappa shape index (κ2) is 9.73. The Labute approximate surface area is 206 Å². The average molecular weight is 512 g/mol. The SMILES string of the molecule is O=C(c1ccc(NS(=O)(=O)c2ccccc2)cc1)N(CC1CCCO1)c1nc2c(F)cccc2s1. The van der Waals surface area contributed by atoms with Gasteiger partial charge in [-0.25, -0.2) is 17.8 Å². The van der Waals surface area contributed by atoms with Gasteiger partial charge in [0.05, 0.1) is 22.2 Å². The van der Waals surface area contributed by atoms with Crippen LogP contribution in [0, 0.1) is 5.82 Å². The normalized spacial score (nSPS) is 15.9. The third-order valence-electron chi connectivity index (χ3n) is 5.68. The van der Waals surface area contributed by atoms with Crippen molar-refractivity contribution in [1.82, 2.24) is 4.98 Å². The highest BCUT2D eigenvalue weighted by molar-refractivity contribution is 7.92. The van der Waals surface area contributed by atoms with Gasteiger partial charge in [0.1, 0.15) is 11.3 Å². The fraction of sp³-hybridized carbons (Fsp3) is 0.200. The second-order valence-electron chi connectivity index (χ2n) is 8.13. The van der Waals surface area contributed by atoms with Crippen LogP contribution in [0.3, 0.4) is 0 Å². The number of sulfonamides is 1. The van der Waals surface area contributed by atoms with E-state index in [1.54, 1.807) is 42.5 Å². The van der Waals surface area contributed by atoms with Crippen molar-refractivity contribution in [1.29, 1.82) is 0 Å². The Morgan fingerprint density at radius 1 is 1.09 bits per heavy atom. The van der Waals surface area contributed by atoms with Crippen LogP contribution >= 0.6 is 11.3 Å². The molecular formula is C25H22FN3O4S2. The summed E-state index contributed by atoms with van der Waals surface area (Å²) in [6, 6.07) is 18.9. The molecule has 180 valence electrons. The van der Waals surface area contributed by atoms with Crippen LogP contribution in [-0.4, -0.2) is 38.6 Å². The summed E-state index contributed by atoms with van der Waals surface area (Å²) < 4.78 is 48.3. The van der Waals surface area contributed by atoms with E-state index in [0.29, 0.717) is 34.2 Å². The van der Waals surface area contributed by atoms with Gasteiger partial charge in [0.15, 0.2) is 5.13 Å². The number of para-hydroxylation sites is 1. The van der Waals surface area contributed by atoms with Crippen LogP contribution in [0.25, 0.3) is 10.2 Å². The number of amides is 1. The number of ether oxygens (including phenoxy) is 1. The summed E-state index contributed by atoms with van der Waals surface area (Å²) in [5.41, 5.74) is 0.909. The van der Waals surface area contributed by atoms with Crippen LogP contribution in [-0.2, 0) is 14.8 Å². The molecule has 4 aromatic rings. The zero-order valence-electron chi connectivity index (χ0n) is 18.6. The summed E-state index contributed by atoms with van der Waals surface area (Å²) in [5.74, 6) is -0.762.